The van der Waals surface area contributed by atoms with Gasteiger partial charge >= 0.3 is 0 Å². The van der Waals surface area contributed by atoms with Crippen LogP contribution in [-0.2, 0) is 5.41 Å². The Morgan fingerprint density at radius 3 is 1.28 bits per heavy atom. The van der Waals surface area contributed by atoms with Gasteiger partial charge < -0.3 is 4.57 Å². The highest BCUT2D eigenvalue weighted by Crippen LogP contribution is 2.63. The van der Waals surface area contributed by atoms with Gasteiger partial charge in [-0.3, -0.25) is 0 Å². The van der Waals surface area contributed by atoms with Crippen LogP contribution in [0.15, 0.2) is 176 Å². The van der Waals surface area contributed by atoms with Crippen LogP contribution in [0.4, 0.5) is 0 Å². The lowest BCUT2D eigenvalue weighted by Crippen LogP contribution is -2.25. The lowest BCUT2D eigenvalue weighted by atomic mass is 9.70. The Morgan fingerprint density at radius 1 is 0.280 bits per heavy atom. The molecule has 12 rings (SSSR count). The predicted molar refractivity (Wildman–Crippen MR) is 210 cm³/mol. The molecule has 50 heavy (non-hydrogen) atoms. The molecule has 2 aliphatic rings. The predicted octanol–water partition coefficient (Wildman–Crippen LogP) is 12.6. The maximum absolute atomic E-state index is 2.55. The minimum Gasteiger partial charge on any atom is -0.309 e. The molecule has 0 aliphatic heterocycles. The van der Waals surface area contributed by atoms with Gasteiger partial charge in [0.05, 0.1) is 16.4 Å². The Balaban J connectivity index is 1.22. The number of rotatable bonds is 1. The van der Waals surface area contributed by atoms with E-state index in [0.717, 1.165) is 0 Å². The largest absolute Gasteiger partial charge is 0.309 e. The van der Waals surface area contributed by atoms with Crippen molar-refractivity contribution in [3.63, 3.8) is 0 Å². The van der Waals surface area contributed by atoms with Crippen molar-refractivity contribution in [1.29, 1.82) is 0 Å². The molecule has 2 aliphatic carbocycles. The molecule has 1 aromatic heterocycles. The van der Waals surface area contributed by atoms with Gasteiger partial charge in [0, 0.05) is 16.5 Å². The van der Waals surface area contributed by atoms with E-state index in [4.69, 9.17) is 0 Å². The van der Waals surface area contributed by atoms with Crippen LogP contribution < -0.4 is 0 Å². The molecule has 0 radical (unpaired) electrons. The van der Waals surface area contributed by atoms with Gasteiger partial charge in [-0.2, -0.15) is 0 Å². The summed E-state index contributed by atoms with van der Waals surface area (Å²) in [6, 6.07) is 66.0. The van der Waals surface area contributed by atoms with Gasteiger partial charge in [-0.1, -0.05) is 140 Å². The third-order valence-electron chi connectivity index (χ3n) is 11.8. The zero-order chi connectivity index (χ0) is 32.6. The molecule has 1 spiro atoms. The third-order valence-corrected chi connectivity index (χ3v) is 11.8. The van der Waals surface area contributed by atoms with Gasteiger partial charge in [-0.25, -0.2) is 0 Å². The number of para-hydroxylation sites is 2. The Morgan fingerprint density at radius 2 is 0.700 bits per heavy atom. The zero-order valence-corrected chi connectivity index (χ0v) is 27.2. The van der Waals surface area contributed by atoms with E-state index in [-0.39, 0.29) is 5.41 Å². The van der Waals surface area contributed by atoms with Gasteiger partial charge in [0.25, 0.3) is 0 Å². The standard InChI is InChI=1S/C49H29N/c1-2-14-32-31(13-1)39-27-30(50-47-23-11-6-18-37(47)38-19-7-12-24-48(38)50)25-26-33(39)41-29-46-42(28-40(32)41)36-17-5-10-22-45(36)49(46)43-20-8-3-15-34(43)35-16-4-9-21-44(35)49/h1-29H. The first-order chi connectivity index (χ1) is 24.8. The van der Waals surface area contributed by atoms with Crippen LogP contribution in [0.25, 0.3) is 82.1 Å². The number of fused-ring (bicyclic) bond motifs is 19. The summed E-state index contributed by atoms with van der Waals surface area (Å²) < 4.78 is 2.43. The summed E-state index contributed by atoms with van der Waals surface area (Å²) in [5.74, 6) is 0. The Labute approximate surface area is 289 Å². The van der Waals surface area contributed by atoms with Gasteiger partial charge in [-0.05, 0) is 113 Å². The molecular formula is C49H29N. The molecule has 0 bridgehead atoms. The Kier molecular flexibility index (Phi) is 4.97. The van der Waals surface area contributed by atoms with Crippen LogP contribution in [-0.4, -0.2) is 4.57 Å². The fourth-order valence-electron chi connectivity index (χ4n) is 9.87. The quantitative estimate of drug-likeness (QED) is 0.159. The fraction of sp³-hybridized carbons (Fsp3) is 0.0204. The smallest absolute Gasteiger partial charge is 0.0725 e. The zero-order valence-electron chi connectivity index (χ0n) is 27.2. The molecule has 0 fully saturated rings. The Bertz CT molecular complexity index is 3000. The van der Waals surface area contributed by atoms with Crippen molar-refractivity contribution in [3.05, 3.63) is 198 Å². The summed E-state index contributed by atoms with van der Waals surface area (Å²) in [4.78, 5) is 0. The van der Waals surface area contributed by atoms with E-state index in [2.05, 4.69) is 180 Å². The first-order valence-corrected chi connectivity index (χ1v) is 17.5. The van der Waals surface area contributed by atoms with Crippen LogP contribution >= 0.6 is 0 Å². The van der Waals surface area contributed by atoms with Crippen molar-refractivity contribution in [2.75, 3.05) is 0 Å². The highest BCUT2D eigenvalue weighted by molar-refractivity contribution is 6.27. The van der Waals surface area contributed by atoms with Crippen molar-refractivity contribution in [2.45, 2.75) is 5.41 Å². The molecule has 0 N–H and O–H groups in total. The van der Waals surface area contributed by atoms with Crippen molar-refractivity contribution in [2.24, 2.45) is 0 Å². The molecule has 0 saturated heterocycles. The van der Waals surface area contributed by atoms with Gasteiger partial charge in [0.1, 0.15) is 0 Å². The maximum atomic E-state index is 2.55. The summed E-state index contributed by atoms with van der Waals surface area (Å²) >= 11 is 0. The molecule has 1 heteroatoms. The second-order valence-electron chi connectivity index (χ2n) is 14.0. The first-order valence-electron chi connectivity index (χ1n) is 17.5. The molecule has 1 nitrogen and oxygen atoms in total. The van der Waals surface area contributed by atoms with Crippen LogP contribution in [0.5, 0.6) is 0 Å². The van der Waals surface area contributed by atoms with E-state index in [1.807, 2.05) is 0 Å². The third kappa shape index (κ3) is 3.10. The number of hydrogen-bond donors (Lipinski definition) is 0. The van der Waals surface area contributed by atoms with Crippen LogP contribution in [0.1, 0.15) is 22.3 Å². The summed E-state index contributed by atoms with van der Waals surface area (Å²) in [6.45, 7) is 0. The first kappa shape index (κ1) is 26.5. The molecule has 0 amide bonds. The van der Waals surface area contributed by atoms with Crippen molar-refractivity contribution < 1.29 is 0 Å². The van der Waals surface area contributed by atoms with Crippen molar-refractivity contribution in [1.82, 2.24) is 4.57 Å². The Hall–Kier alpha value is -6.44. The normalized spacial score (nSPS) is 13.8. The summed E-state index contributed by atoms with van der Waals surface area (Å²) in [6.07, 6.45) is 0. The van der Waals surface area contributed by atoms with Crippen molar-refractivity contribution >= 4 is 54.1 Å². The number of nitrogens with zero attached hydrogens (tertiary/aromatic N) is 1. The molecule has 9 aromatic carbocycles. The minimum atomic E-state index is -0.367. The minimum absolute atomic E-state index is 0.367. The average molecular weight is 632 g/mol. The van der Waals surface area contributed by atoms with Gasteiger partial charge in [0.15, 0.2) is 0 Å². The summed E-state index contributed by atoms with van der Waals surface area (Å²) in [7, 11) is 0. The van der Waals surface area contributed by atoms with Crippen LogP contribution in [0.3, 0.4) is 0 Å². The van der Waals surface area contributed by atoms with E-state index >= 15 is 0 Å². The van der Waals surface area contributed by atoms with E-state index in [0.29, 0.717) is 0 Å². The van der Waals surface area contributed by atoms with Crippen LogP contribution in [0, 0.1) is 0 Å². The number of aromatic nitrogens is 1. The molecule has 10 aromatic rings. The second kappa shape index (κ2) is 9.37. The van der Waals surface area contributed by atoms with E-state index in [9.17, 15) is 0 Å². The van der Waals surface area contributed by atoms with Gasteiger partial charge in [-0.15, -0.1) is 0 Å². The topological polar surface area (TPSA) is 4.93 Å². The maximum Gasteiger partial charge on any atom is 0.0725 e. The molecule has 0 saturated carbocycles. The number of benzene rings is 9. The molecule has 230 valence electrons. The van der Waals surface area contributed by atoms with Crippen molar-refractivity contribution in [3.8, 4) is 27.9 Å². The fourth-order valence-corrected chi connectivity index (χ4v) is 9.87. The highest BCUT2D eigenvalue weighted by atomic mass is 15.0. The summed E-state index contributed by atoms with van der Waals surface area (Å²) in [5, 5.41) is 10.3. The molecular weight excluding hydrogens is 603 g/mol. The average Bonchev–Trinajstić information content (AvgIpc) is 3.79. The lowest BCUT2D eigenvalue weighted by Gasteiger charge is -2.30. The highest BCUT2D eigenvalue weighted by Gasteiger charge is 2.51. The molecule has 1 heterocycles. The lowest BCUT2D eigenvalue weighted by molar-refractivity contribution is 0.795. The molecule has 0 atom stereocenters. The molecule has 0 unspecified atom stereocenters. The second-order valence-corrected chi connectivity index (χ2v) is 14.0. The van der Waals surface area contributed by atoms with E-state index in [1.165, 1.54) is 104 Å². The van der Waals surface area contributed by atoms with Gasteiger partial charge in [0.2, 0.25) is 0 Å². The SMILES string of the molecule is c1ccc2c(c1)-c1ccccc1C21c2ccccc2-c2cc3c4ccccc4c4cc(-n5c6ccccc6c6ccccc65)ccc4c3cc21. The van der Waals surface area contributed by atoms with E-state index in [1.54, 1.807) is 0 Å². The monoisotopic (exact) mass is 631 g/mol. The van der Waals surface area contributed by atoms with E-state index < -0.39 is 0 Å². The number of hydrogen-bond acceptors (Lipinski definition) is 0. The van der Waals surface area contributed by atoms with Crippen LogP contribution in [0.2, 0.25) is 0 Å². The summed E-state index contributed by atoms with van der Waals surface area (Å²) in [5.41, 5.74) is 14.1.